The van der Waals surface area contributed by atoms with Crippen LogP contribution in [-0.4, -0.2) is 35.1 Å². The Balaban J connectivity index is 1.58. The Hall–Kier alpha value is -1.65. The van der Waals surface area contributed by atoms with Crippen molar-refractivity contribution in [2.75, 3.05) is 18.4 Å². The van der Waals surface area contributed by atoms with Crippen LogP contribution < -0.4 is 5.32 Å². The van der Waals surface area contributed by atoms with Gasteiger partial charge < -0.3 is 10.4 Å². The predicted octanol–water partition coefficient (Wildman–Crippen LogP) is 2.94. The molecule has 2 aliphatic rings. The third-order valence-corrected chi connectivity index (χ3v) is 4.80. The fraction of sp³-hybridized carbons (Fsp3) is 0.526. The van der Waals surface area contributed by atoms with E-state index in [2.05, 4.69) is 28.4 Å². The summed E-state index contributed by atoms with van der Waals surface area (Å²) in [7, 11) is 0. The van der Waals surface area contributed by atoms with Gasteiger partial charge >= 0.3 is 0 Å². The molecule has 1 atom stereocenters. The number of carbonyl (C=O) groups excluding carboxylic acids is 1. The van der Waals surface area contributed by atoms with E-state index in [0.29, 0.717) is 12.3 Å². The third-order valence-electron chi connectivity index (χ3n) is 4.80. The van der Waals surface area contributed by atoms with E-state index in [0.717, 1.165) is 56.6 Å². The number of hydrogen-bond acceptors (Lipinski definition) is 3. The average molecular weight is 314 g/mol. The molecular formula is C19H26N2O2. The molecule has 124 valence electrons. The molecule has 0 saturated carbocycles. The Morgan fingerprint density at radius 3 is 2.74 bits per heavy atom. The standard InChI is InChI=1S/C19H26N2O2/c22-17-9-11-21(12-10-17)14-16-7-3-4-8-18(16)20-19(23)13-15-5-1-2-6-15/h1,3-5,7-8,15,17,22H,2,6,9-14H2,(H,20,23)/t15-/m0/s1. The molecule has 0 bridgehead atoms. The first-order valence-electron chi connectivity index (χ1n) is 8.65. The molecule has 1 aliphatic heterocycles. The normalized spacial score (nSPS) is 22.4. The van der Waals surface area contributed by atoms with Crippen LogP contribution in [-0.2, 0) is 11.3 Å². The number of aliphatic hydroxyl groups excluding tert-OH is 1. The molecule has 0 unspecified atom stereocenters. The van der Waals surface area contributed by atoms with Gasteiger partial charge in [-0.1, -0.05) is 30.4 Å². The van der Waals surface area contributed by atoms with E-state index in [-0.39, 0.29) is 12.0 Å². The molecule has 1 fully saturated rings. The van der Waals surface area contributed by atoms with Gasteiger partial charge in [-0.25, -0.2) is 0 Å². The smallest absolute Gasteiger partial charge is 0.224 e. The fourth-order valence-electron chi connectivity index (χ4n) is 3.40. The van der Waals surface area contributed by atoms with E-state index in [1.165, 1.54) is 0 Å². The lowest BCUT2D eigenvalue weighted by molar-refractivity contribution is -0.116. The number of piperidine rings is 1. The Labute approximate surface area is 138 Å². The second-order valence-electron chi connectivity index (χ2n) is 6.68. The summed E-state index contributed by atoms with van der Waals surface area (Å²) in [4.78, 5) is 14.6. The molecule has 1 amide bonds. The minimum absolute atomic E-state index is 0.100. The lowest BCUT2D eigenvalue weighted by atomic mass is 10.0. The highest BCUT2D eigenvalue weighted by Gasteiger charge is 2.19. The van der Waals surface area contributed by atoms with Crippen molar-refractivity contribution in [3.8, 4) is 0 Å². The molecule has 0 aromatic heterocycles. The number of anilines is 1. The lowest BCUT2D eigenvalue weighted by Crippen LogP contribution is -2.35. The maximum absolute atomic E-state index is 12.3. The van der Waals surface area contributed by atoms with Gasteiger partial charge in [0.2, 0.25) is 5.91 Å². The van der Waals surface area contributed by atoms with Crippen LogP contribution in [0.2, 0.25) is 0 Å². The summed E-state index contributed by atoms with van der Waals surface area (Å²) >= 11 is 0. The molecule has 1 aromatic carbocycles. The zero-order chi connectivity index (χ0) is 16.1. The van der Waals surface area contributed by atoms with Gasteiger partial charge in [0, 0.05) is 31.7 Å². The van der Waals surface area contributed by atoms with Crippen LogP contribution in [0.15, 0.2) is 36.4 Å². The van der Waals surface area contributed by atoms with Crippen LogP contribution in [0.4, 0.5) is 5.69 Å². The molecule has 1 saturated heterocycles. The number of nitrogens with zero attached hydrogens (tertiary/aromatic N) is 1. The molecular weight excluding hydrogens is 288 g/mol. The second kappa shape index (κ2) is 7.75. The molecule has 4 heteroatoms. The summed E-state index contributed by atoms with van der Waals surface area (Å²) in [5.74, 6) is 0.494. The van der Waals surface area contributed by atoms with Crippen molar-refractivity contribution in [3.63, 3.8) is 0 Å². The Bertz CT molecular complexity index is 562. The number of aliphatic hydroxyl groups is 1. The first-order valence-corrected chi connectivity index (χ1v) is 8.65. The number of benzene rings is 1. The molecule has 4 nitrogen and oxygen atoms in total. The highest BCUT2D eigenvalue weighted by atomic mass is 16.3. The topological polar surface area (TPSA) is 52.6 Å². The van der Waals surface area contributed by atoms with Gasteiger partial charge in [0.15, 0.2) is 0 Å². The van der Waals surface area contributed by atoms with Crippen molar-refractivity contribution in [1.82, 2.24) is 4.90 Å². The molecule has 1 aliphatic carbocycles. The average Bonchev–Trinajstić information content (AvgIpc) is 3.04. The van der Waals surface area contributed by atoms with Crippen LogP contribution in [0.25, 0.3) is 0 Å². The second-order valence-corrected chi connectivity index (χ2v) is 6.68. The molecule has 1 heterocycles. The van der Waals surface area contributed by atoms with E-state index in [1.54, 1.807) is 0 Å². The van der Waals surface area contributed by atoms with Gasteiger partial charge in [-0.2, -0.15) is 0 Å². The largest absolute Gasteiger partial charge is 0.393 e. The Morgan fingerprint density at radius 2 is 2.00 bits per heavy atom. The van der Waals surface area contributed by atoms with Crippen LogP contribution in [0.5, 0.6) is 0 Å². The van der Waals surface area contributed by atoms with Crippen molar-refractivity contribution < 1.29 is 9.90 Å². The Kier molecular flexibility index (Phi) is 5.47. The number of carbonyl (C=O) groups is 1. The summed E-state index contributed by atoms with van der Waals surface area (Å²) in [5, 5.41) is 12.7. The van der Waals surface area contributed by atoms with Crippen molar-refractivity contribution in [1.29, 1.82) is 0 Å². The minimum Gasteiger partial charge on any atom is -0.393 e. The Morgan fingerprint density at radius 1 is 1.22 bits per heavy atom. The van der Waals surface area contributed by atoms with Gasteiger partial charge in [0.1, 0.15) is 0 Å². The van der Waals surface area contributed by atoms with E-state index in [9.17, 15) is 9.90 Å². The lowest BCUT2D eigenvalue weighted by Gasteiger charge is -2.30. The van der Waals surface area contributed by atoms with Crippen LogP contribution in [0.3, 0.4) is 0 Å². The van der Waals surface area contributed by atoms with E-state index in [1.807, 2.05) is 18.2 Å². The van der Waals surface area contributed by atoms with Gasteiger partial charge in [0.05, 0.1) is 6.10 Å². The first kappa shape index (κ1) is 16.2. The number of likely N-dealkylation sites (tertiary alicyclic amines) is 1. The summed E-state index contributed by atoms with van der Waals surface area (Å²) in [6.45, 7) is 2.65. The third kappa shape index (κ3) is 4.66. The maximum atomic E-state index is 12.3. The minimum atomic E-state index is -0.152. The van der Waals surface area contributed by atoms with Crippen molar-refractivity contribution in [2.24, 2.45) is 5.92 Å². The summed E-state index contributed by atoms with van der Waals surface area (Å²) in [6.07, 6.45) is 8.59. The highest BCUT2D eigenvalue weighted by Crippen LogP contribution is 2.23. The molecule has 2 N–H and O–H groups in total. The van der Waals surface area contributed by atoms with Crippen LogP contribution in [0.1, 0.15) is 37.7 Å². The molecule has 1 aromatic rings. The molecule has 23 heavy (non-hydrogen) atoms. The van der Waals surface area contributed by atoms with Crippen molar-refractivity contribution in [3.05, 3.63) is 42.0 Å². The number of allylic oxidation sites excluding steroid dienone is 2. The van der Waals surface area contributed by atoms with E-state index >= 15 is 0 Å². The summed E-state index contributed by atoms with van der Waals surface area (Å²) in [5.41, 5.74) is 2.07. The molecule has 0 radical (unpaired) electrons. The van der Waals surface area contributed by atoms with Crippen molar-refractivity contribution in [2.45, 2.75) is 44.8 Å². The van der Waals surface area contributed by atoms with Gasteiger partial charge in [-0.05, 0) is 43.2 Å². The molecule has 3 rings (SSSR count). The maximum Gasteiger partial charge on any atom is 0.224 e. The van der Waals surface area contributed by atoms with Gasteiger partial charge in [-0.3, -0.25) is 9.69 Å². The zero-order valence-electron chi connectivity index (χ0n) is 13.6. The SMILES string of the molecule is O=C(C[C@H]1C=CCC1)Nc1ccccc1CN1CCC(O)CC1. The summed E-state index contributed by atoms with van der Waals surface area (Å²) in [6, 6.07) is 8.05. The van der Waals surface area contributed by atoms with Gasteiger partial charge in [0.25, 0.3) is 0 Å². The predicted molar refractivity (Wildman–Crippen MR) is 92.1 cm³/mol. The number of amides is 1. The number of para-hydroxylation sites is 1. The fourth-order valence-corrected chi connectivity index (χ4v) is 3.40. The summed E-state index contributed by atoms with van der Waals surface area (Å²) < 4.78 is 0. The van der Waals surface area contributed by atoms with Crippen LogP contribution >= 0.6 is 0 Å². The number of hydrogen-bond donors (Lipinski definition) is 2. The van der Waals surface area contributed by atoms with Crippen molar-refractivity contribution >= 4 is 11.6 Å². The molecule has 0 spiro atoms. The van der Waals surface area contributed by atoms with E-state index in [4.69, 9.17) is 0 Å². The number of nitrogens with one attached hydrogen (secondary N) is 1. The first-order chi connectivity index (χ1) is 11.2. The van der Waals surface area contributed by atoms with E-state index < -0.39 is 0 Å². The monoisotopic (exact) mass is 314 g/mol. The van der Waals surface area contributed by atoms with Gasteiger partial charge in [-0.15, -0.1) is 0 Å². The van der Waals surface area contributed by atoms with Crippen LogP contribution in [0, 0.1) is 5.92 Å². The highest BCUT2D eigenvalue weighted by molar-refractivity contribution is 5.91. The number of rotatable bonds is 5. The zero-order valence-corrected chi connectivity index (χ0v) is 13.6. The quantitative estimate of drug-likeness (QED) is 0.822.